The highest BCUT2D eigenvalue weighted by molar-refractivity contribution is 5.85. The largest absolute Gasteiger partial charge is 0.354 e. The van der Waals surface area contributed by atoms with Crippen LogP contribution in [0.25, 0.3) is 0 Å². The smallest absolute Gasteiger partial charge is 0.222 e. The Balaban J connectivity index is 0.00000220. The Morgan fingerprint density at radius 3 is 2.90 bits per heavy atom. The SMILES string of the molecule is CC(CCc1ccccc1F)C(=O)NCC1CCCN1.Cl. The maximum atomic E-state index is 13.5. The van der Waals surface area contributed by atoms with E-state index in [0.717, 1.165) is 13.0 Å². The lowest BCUT2D eigenvalue weighted by molar-refractivity contribution is -0.124. The lowest BCUT2D eigenvalue weighted by Crippen LogP contribution is -2.39. The molecule has 118 valence electrons. The van der Waals surface area contributed by atoms with Crippen LogP contribution >= 0.6 is 12.4 Å². The van der Waals surface area contributed by atoms with Gasteiger partial charge in [-0.05, 0) is 43.9 Å². The molecule has 0 radical (unpaired) electrons. The van der Waals surface area contributed by atoms with Gasteiger partial charge < -0.3 is 10.6 Å². The summed E-state index contributed by atoms with van der Waals surface area (Å²) in [6.45, 7) is 3.64. The topological polar surface area (TPSA) is 41.1 Å². The van der Waals surface area contributed by atoms with Gasteiger partial charge >= 0.3 is 0 Å². The molecule has 2 N–H and O–H groups in total. The van der Waals surface area contributed by atoms with Gasteiger partial charge in [-0.3, -0.25) is 4.79 Å². The Morgan fingerprint density at radius 1 is 1.48 bits per heavy atom. The first-order valence-corrected chi connectivity index (χ1v) is 7.41. The van der Waals surface area contributed by atoms with Crippen molar-refractivity contribution in [3.63, 3.8) is 0 Å². The third-order valence-corrected chi connectivity index (χ3v) is 3.94. The maximum absolute atomic E-state index is 13.5. The van der Waals surface area contributed by atoms with E-state index in [0.29, 0.717) is 31.0 Å². The number of rotatable bonds is 6. The quantitative estimate of drug-likeness (QED) is 0.847. The second kappa shape index (κ2) is 9.00. The summed E-state index contributed by atoms with van der Waals surface area (Å²) < 4.78 is 13.5. The summed E-state index contributed by atoms with van der Waals surface area (Å²) >= 11 is 0. The highest BCUT2D eigenvalue weighted by Gasteiger charge is 2.17. The second-order valence-corrected chi connectivity index (χ2v) is 5.57. The van der Waals surface area contributed by atoms with E-state index in [9.17, 15) is 9.18 Å². The van der Waals surface area contributed by atoms with E-state index in [4.69, 9.17) is 0 Å². The molecule has 1 aromatic carbocycles. The molecule has 1 aliphatic rings. The molecular weight excluding hydrogens is 291 g/mol. The molecule has 2 unspecified atom stereocenters. The minimum absolute atomic E-state index is 0. The van der Waals surface area contributed by atoms with E-state index in [1.165, 1.54) is 12.5 Å². The number of carbonyl (C=O) groups is 1. The molecule has 1 heterocycles. The van der Waals surface area contributed by atoms with Gasteiger partial charge in [0.2, 0.25) is 5.91 Å². The van der Waals surface area contributed by atoms with Gasteiger partial charge in [0.15, 0.2) is 0 Å². The molecule has 0 spiro atoms. The molecule has 1 aromatic rings. The molecule has 2 atom stereocenters. The molecule has 1 saturated heterocycles. The molecule has 1 amide bonds. The summed E-state index contributed by atoms with van der Waals surface area (Å²) in [5, 5.41) is 6.33. The van der Waals surface area contributed by atoms with Crippen LogP contribution in [0.4, 0.5) is 4.39 Å². The Hall–Kier alpha value is -1.13. The zero-order valence-electron chi connectivity index (χ0n) is 12.4. The molecule has 0 aromatic heterocycles. The Morgan fingerprint density at radius 2 is 2.24 bits per heavy atom. The molecule has 1 aliphatic heterocycles. The summed E-state index contributed by atoms with van der Waals surface area (Å²) in [7, 11) is 0. The fourth-order valence-electron chi connectivity index (χ4n) is 2.53. The van der Waals surface area contributed by atoms with Crippen molar-refractivity contribution >= 4 is 18.3 Å². The summed E-state index contributed by atoms with van der Waals surface area (Å²) in [5.41, 5.74) is 0.685. The molecule has 3 nitrogen and oxygen atoms in total. The second-order valence-electron chi connectivity index (χ2n) is 5.57. The molecule has 1 fully saturated rings. The lowest BCUT2D eigenvalue weighted by atomic mass is 10.00. The molecule has 0 bridgehead atoms. The van der Waals surface area contributed by atoms with Crippen molar-refractivity contribution < 1.29 is 9.18 Å². The van der Waals surface area contributed by atoms with E-state index in [1.807, 2.05) is 13.0 Å². The van der Waals surface area contributed by atoms with Crippen LogP contribution in [-0.4, -0.2) is 25.0 Å². The molecule has 2 rings (SSSR count). The number of amides is 1. The minimum atomic E-state index is -0.185. The van der Waals surface area contributed by atoms with Gasteiger partial charge in [0, 0.05) is 18.5 Å². The van der Waals surface area contributed by atoms with Crippen molar-refractivity contribution in [3.05, 3.63) is 35.6 Å². The van der Waals surface area contributed by atoms with Crippen molar-refractivity contribution in [2.45, 2.75) is 38.6 Å². The van der Waals surface area contributed by atoms with Gasteiger partial charge in [-0.2, -0.15) is 0 Å². The average Bonchev–Trinajstić information content (AvgIpc) is 2.97. The lowest BCUT2D eigenvalue weighted by Gasteiger charge is -2.15. The number of benzene rings is 1. The fourth-order valence-corrected chi connectivity index (χ4v) is 2.53. The van der Waals surface area contributed by atoms with Gasteiger partial charge in [0.25, 0.3) is 0 Å². The van der Waals surface area contributed by atoms with E-state index in [1.54, 1.807) is 12.1 Å². The first-order chi connectivity index (χ1) is 9.66. The third kappa shape index (κ3) is 5.64. The summed E-state index contributed by atoms with van der Waals surface area (Å²) in [6, 6.07) is 7.17. The van der Waals surface area contributed by atoms with Gasteiger partial charge in [0.05, 0.1) is 0 Å². The summed E-state index contributed by atoms with van der Waals surface area (Å²) in [5.74, 6) is -0.207. The first-order valence-electron chi connectivity index (χ1n) is 7.41. The standard InChI is InChI=1S/C16H23FN2O.ClH/c1-12(8-9-13-5-2-3-7-15(13)17)16(20)19-11-14-6-4-10-18-14;/h2-3,5,7,12,14,18H,4,6,8-11H2,1H3,(H,19,20);1H. The number of aryl methyl sites for hydroxylation is 1. The van der Waals surface area contributed by atoms with Gasteiger partial charge in [-0.15, -0.1) is 12.4 Å². The Kier molecular flexibility index (Phi) is 7.68. The Labute approximate surface area is 132 Å². The Bertz CT molecular complexity index is 450. The number of nitrogens with one attached hydrogen (secondary N) is 2. The van der Waals surface area contributed by atoms with Crippen molar-refractivity contribution in [1.29, 1.82) is 0 Å². The predicted molar refractivity (Wildman–Crippen MR) is 85.2 cm³/mol. The van der Waals surface area contributed by atoms with Crippen LogP contribution < -0.4 is 10.6 Å². The third-order valence-electron chi connectivity index (χ3n) is 3.94. The number of carbonyl (C=O) groups excluding carboxylic acids is 1. The van der Waals surface area contributed by atoms with Crippen LogP contribution in [0, 0.1) is 11.7 Å². The van der Waals surface area contributed by atoms with E-state index >= 15 is 0 Å². The molecule has 21 heavy (non-hydrogen) atoms. The van der Waals surface area contributed by atoms with Crippen molar-refractivity contribution in [3.8, 4) is 0 Å². The highest BCUT2D eigenvalue weighted by Crippen LogP contribution is 2.13. The molecular formula is C16H24ClFN2O. The van der Waals surface area contributed by atoms with Crippen molar-refractivity contribution in [2.75, 3.05) is 13.1 Å². The minimum Gasteiger partial charge on any atom is -0.354 e. The zero-order valence-corrected chi connectivity index (χ0v) is 13.2. The number of halogens is 2. The molecule has 5 heteroatoms. The van der Waals surface area contributed by atoms with Gasteiger partial charge in [0.1, 0.15) is 5.82 Å². The van der Waals surface area contributed by atoms with Crippen LogP contribution in [0.5, 0.6) is 0 Å². The molecule has 0 saturated carbocycles. The van der Waals surface area contributed by atoms with Crippen molar-refractivity contribution in [1.82, 2.24) is 10.6 Å². The molecule has 0 aliphatic carbocycles. The normalized spacial score (nSPS) is 18.9. The van der Waals surface area contributed by atoms with Crippen LogP contribution in [0.1, 0.15) is 31.7 Å². The zero-order chi connectivity index (χ0) is 14.4. The van der Waals surface area contributed by atoms with Crippen LogP contribution in [0.2, 0.25) is 0 Å². The first kappa shape index (κ1) is 17.9. The average molecular weight is 315 g/mol. The number of hydrogen-bond donors (Lipinski definition) is 2. The van der Waals surface area contributed by atoms with Gasteiger partial charge in [-0.1, -0.05) is 25.1 Å². The summed E-state index contributed by atoms with van der Waals surface area (Å²) in [6.07, 6.45) is 3.58. The van der Waals surface area contributed by atoms with Crippen LogP contribution in [0.15, 0.2) is 24.3 Å². The monoisotopic (exact) mass is 314 g/mol. The maximum Gasteiger partial charge on any atom is 0.222 e. The summed E-state index contributed by atoms with van der Waals surface area (Å²) in [4.78, 5) is 12.0. The van der Waals surface area contributed by atoms with Gasteiger partial charge in [-0.25, -0.2) is 4.39 Å². The highest BCUT2D eigenvalue weighted by atomic mass is 35.5. The van der Waals surface area contributed by atoms with E-state index in [-0.39, 0.29) is 30.0 Å². The van der Waals surface area contributed by atoms with Crippen LogP contribution in [-0.2, 0) is 11.2 Å². The number of hydrogen-bond acceptors (Lipinski definition) is 2. The predicted octanol–water partition coefficient (Wildman–Crippen LogP) is 2.68. The van der Waals surface area contributed by atoms with Crippen LogP contribution in [0.3, 0.4) is 0 Å². The fraction of sp³-hybridized carbons (Fsp3) is 0.562. The van der Waals surface area contributed by atoms with E-state index < -0.39 is 0 Å². The van der Waals surface area contributed by atoms with E-state index in [2.05, 4.69) is 10.6 Å². The van der Waals surface area contributed by atoms with Crippen molar-refractivity contribution in [2.24, 2.45) is 5.92 Å².